The molecule has 0 aliphatic rings. The van der Waals surface area contributed by atoms with Gasteiger partial charge in [0.05, 0.1) is 0 Å². The Morgan fingerprint density at radius 1 is 1.39 bits per heavy atom. The molecule has 0 fully saturated rings. The summed E-state index contributed by atoms with van der Waals surface area (Å²) in [4.78, 5) is 22.0. The molecule has 0 atom stereocenters. The second-order valence-electron chi connectivity index (χ2n) is 3.86. The van der Waals surface area contributed by atoms with Crippen LogP contribution in [0.25, 0.3) is 0 Å². The first kappa shape index (κ1) is 12.1. The zero-order valence-corrected chi connectivity index (χ0v) is 9.89. The molecule has 2 aromatic heterocycles. The predicted octanol–water partition coefficient (Wildman–Crippen LogP) is 0.948. The van der Waals surface area contributed by atoms with Crippen molar-refractivity contribution in [1.82, 2.24) is 15.0 Å². The zero-order chi connectivity index (χ0) is 12.8. The van der Waals surface area contributed by atoms with Crippen LogP contribution in [-0.4, -0.2) is 27.4 Å². The highest BCUT2D eigenvalue weighted by Gasteiger charge is 2.02. The Balaban J connectivity index is 1.79. The topological polar surface area (TPSA) is 96.7 Å². The number of nitrogens with two attached hydrogens (primary N) is 1. The number of aromatic nitrogens is 3. The summed E-state index contributed by atoms with van der Waals surface area (Å²) in [7, 11) is 0. The minimum atomic E-state index is -0.519. The molecule has 0 aromatic carbocycles. The van der Waals surface area contributed by atoms with E-state index in [-0.39, 0.29) is 5.69 Å². The number of anilines is 1. The van der Waals surface area contributed by atoms with Crippen molar-refractivity contribution in [2.45, 2.75) is 12.8 Å². The minimum absolute atomic E-state index is 0.269. The van der Waals surface area contributed by atoms with Gasteiger partial charge in [-0.3, -0.25) is 9.78 Å². The maximum atomic E-state index is 11.0. The molecule has 0 aliphatic carbocycles. The van der Waals surface area contributed by atoms with E-state index >= 15 is 0 Å². The van der Waals surface area contributed by atoms with Crippen LogP contribution in [0.3, 0.4) is 0 Å². The van der Waals surface area contributed by atoms with Crippen LogP contribution in [0.2, 0.25) is 0 Å². The number of rotatable bonds is 6. The molecule has 0 radical (unpaired) electrons. The Labute approximate surface area is 105 Å². The fourth-order valence-electron chi connectivity index (χ4n) is 1.60. The number of H-pyrrole nitrogens is 1. The summed E-state index contributed by atoms with van der Waals surface area (Å²) >= 11 is 0. The Kier molecular flexibility index (Phi) is 3.90. The SMILES string of the molecule is NC(=O)c1cc(NCCCc2ncc[nH]2)ccn1. The maximum absolute atomic E-state index is 11.0. The zero-order valence-electron chi connectivity index (χ0n) is 9.89. The molecule has 4 N–H and O–H groups in total. The first-order valence-corrected chi connectivity index (χ1v) is 5.73. The average molecular weight is 245 g/mol. The number of amides is 1. The lowest BCUT2D eigenvalue weighted by molar-refractivity contribution is 0.0995. The molecule has 6 nitrogen and oxygen atoms in total. The highest BCUT2D eigenvalue weighted by atomic mass is 16.1. The van der Waals surface area contributed by atoms with Gasteiger partial charge in [-0.1, -0.05) is 0 Å². The normalized spacial score (nSPS) is 10.2. The van der Waals surface area contributed by atoms with Crippen molar-refractivity contribution in [2.24, 2.45) is 5.73 Å². The number of primary amides is 1. The number of hydrogen-bond acceptors (Lipinski definition) is 4. The van der Waals surface area contributed by atoms with E-state index in [9.17, 15) is 4.79 Å². The number of hydrogen-bond donors (Lipinski definition) is 3. The van der Waals surface area contributed by atoms with Crippen LogP contribution in [0.5, 0.6) is 0 Å². The van der Waals surface area contributed by atoms with Gasteiger partial charge in [0.15, 0.2) is 0 Å². The smallest absolute Gasteiger partial charge is 0.267 e. The summed E-state index contributed by atoms with van der Waals surface area (Å²) < 4.78 is 0. The fourth-order valence-corrected chi connectivity index (χ4v) is 1.60. The van der Waals surface area contributed by atoms with E-state index in [4.69, 9.17) is 5.73 Å². The maximum Gasteiger partial charge on any atom is 0.267 e. The monoisotopic (exact) mass is 245 g/mol. The van der Waals surface area contributed by atoms with E-state index < -0.39 is 5.91 Å². The second kappa shape index (κ2) is 5.81. The first-order valence-electron chi connectivity index (χ1n) is 5.73. The first-order chi connectivity index (χ1) is 8.75. The number of aryl methyl sites for hydroxylation is 1. The molecule has 0 spiro atoms. The van der Waals surface area contributed by atoms with Crippen molar-refractivity contribution in [2.75, 3.05) is 11.9 Å². The molecule has 18 heavy (non-hydrogen) atoms. The van der Waals surface area contributed by atoms with Gasteiger partial charge in [0.25, 0.3) is 5.91 Å². The molecule has 2 rings (SSSR count). The van der Waals surface area contributed by atoms with E-state index in [0.29, 0.717) is 0 Å². The largest absolute Gasteiger partial charge is 0.385 e. The van der Waals surface area contributed by atoms with Gasteiger partial charge < -0.3 is 16.0 Å². The molecule has 6 heteroatoms. The van der Waals surface area contributed by atoms with Crippen LogP contribution in [-0.2, 0) is 6.42 Å². The van der Waals surface area contributed by atoms with E-state index in [1.807, 2.05) is 6.20 Å². The molecular formula is C12H15N5O. The van der Waals surface area contributed by atoms with Crippen LogP contribution < -0.4 is 11.1 Å². The van der Waals surface area contributed by atoms with Crippen LogP contribution >= 0.6 is 0 Å². The third kappa shape index (κ3) is 3.31. The van der Waals surface area contributed by atoms with E-state index in [0.717, 1.165) is 30.9 Å². The Hall–Kier alpha value is -2.37. The standard InChI is InChI=1S/C12H15N5O/c13-12(18)10-8-9(3-5-15-10)14-4-1-2-11-16-6-7-17-11/h3,5-8H,1-2,4H2,(H2,13,18)(H,14,15)(H,16,17). The van der Waals surface area contributed by atoms with Crippen molar-refractivity contribution in [3.05, 3.63) is 42.2 Å². The Morgan fingerprint density at radius 3 is 3.00 bits per heavy atom. The third-order valence-electron chi connectivity index (χ3n) is 2.49. The van der Waals surface area contributed by atoms with Gasteiger partial charge in [-0.05, 0) is 18.6 Å². The Morgan fingerprint density at radius 2 is 2.28 bits per heavy atom. The highest BCUT2D eigenvalue weighted by Crippen LogP contribution is 2.07. The van der Waals surface area contributed by atoms with Crippen molar-refractivity contribution in [3.8, 4) is 0 Å². The number of pyridine rings is 1. The lowest BCUT2D eigenvalue weighted by Crippen LogP contribution is -2.13. The molecule has 0 bridgehead atoms. The summed E-state index contributed by atoms with van der Waals surface area (Å²) in [6.07, 6.45) is 6.94. The second-order valence-corrected chi connectivity index (χ2v) is 3.86. The summed E-state index contributed by atoms with van der Waals surface area (Å²) in [6.45, 7) is 0.795. The molecule has 94 valence electrons. The van der Waals surface area contributed by atoms with E-state index in [1.54, 1.807) is 24.5 Å². The van der Waals surface area contributed by atoms with Crippen molar-refractivity contribution < 1.29 is 4.79 Å². The molecular weight excluding hydrogens is 230 g/mol. The number of carbonyl (C=O) groups is 1. The summed E-state index contributed by atoms with van der Waals surface area (Å²) in [5.41, 5.74) is 6.28. The number of aromatic amines is 1. The summed E-state index contributed by atoms with van der Waals surface area (Å²) in [6, 6.07) is 3.45. The van der Waals surface area contributed by atoms with Gasteiger partial charge in [-0.25, -0.2) is 4.98 Å². The number of carbonyl (C=O) groups excluding carboxylic acids is 1. The van der Waals surface area contributed by atoms with Crippen LogP contribution in [0.1, 0.15) is 22.7 Å². The fraction of sp³-hybridized carbons (Fsp3) is 0.250. The van der Waals surface area contributed by atoms with Gasteiger partial charge in [-0.2, -0.15) is 0 Å². The number of nitrogens with one attached hydrogen (secondary N) is 2. The molecule has 0 aliphatic heterocycles. The van der Waals surface area contributed by atoms with Crippen molar-refractivity contribution in [3.63, 3.8) is 0 Å². The molecule has 2 heterocycles. The predicted molar refractivity (Wildman–Crippen MR) is 68.2 cm³/mol. The van der Waals surface area contributed by atoms with Crippen molar-refractivity contribution >= 4 is 11.6 Å². The van der Waals surface area contributed by atoms with E-state index in [1.165, 1.54) is 0 Å². The van der Waals surface area contributed by atoms with Crippen LogP contribution in [0.15, 0.2) is 30.7 Å². The molecule has 0 unspecified atom stereocenters. The number of nitrogens with zero attached hydrogens (tertiary/aromatic N) is 2. The lowest BCUT2D eigenvalue weighted by Gasteiger charge is -2.06. The minimum Gasteiger partial charge on any atom is -0.385 e. The summed E-state index contributed by atoms with van der Waals surface area (Å²) in [5.74, 6) is 0.457. The van der Waals surface area contributed by atoms with Gasteiger partial charge in [0.1, 0.15) is 11.5 Å². The molecule has 1 amide bonds. The van der Waals surface area contributed by atoms with Crippen LogP contribution in [0, 0.1) is 0 Å². The molecule has 0 saturated carbocycles. The quantitative estimate of drug-likeness (QED) is 0.660. The van der Waals surface area contributed by atoms with E-state index in [2.05, 4.69) is 20.3 Å². The number of imidazole rings is 1. The van der Waals surface area contributed by atoms with Gasteiger partial charge in [-0.15, -0.1) is 0 Å². The third-order valence-corrected chi connectivity index (χ3v) is 2.49. The molecule has 2 aromatic rings. The van der Waals surface area contributed by atoms with Crippen molar-refractivity contribution in [1.29, 1.82) is 0 Å². The molecule has 0 saturated heterocycles. The van der Waals surface area contributed by atoms with Gasteiger partial charge >= 0.3 is 0 Å². The summed E-state index contributed by atoms with van der Waals surface area (Å²) in [5, 5.41) is 3.21. The van der Waals surface area contributed by atoms with Crippen LogP contribution in [0.4, 0.5) is 5.69 Å². The average Bonchev–Trinajstić information content (AvgIpc) is 2.88. The lowest BCUT2D eigenvalue weighted by atomic mass is 10.2. The Bertz CT molecular complexity index is 509. The highest BCUT2D eigenvalue weighted by molar-refractivity contribution is 5.91. The van der Waals surface area contributed by atoms with Gasteiger partial charge in [0, 0.05) is 37.2 Å². The van der Waals surface area contributed by atoms with Gasteiger partial charge in [0.2, 0.25) is 0 Å².